The molecule has 148 valence electrons. The van der Waals surface area contributed by atoms with Gasteiger partial charge in [0.15, 0.2) is 0 Å². The van der Waals surface area contributed by atoms with Crippen LogP contribution in [0.1, 0.15) is 5.56 Å². The highest BCUT2D eigenvalue weighted by atomic mass is 35.5. The molecule has 0 aliphatic carbocycles. The van der Waals surface area contributed by atoms with Crippen LogP contribution in [0.15, 0.2) is 78.1 Å². The summed E-state index contributed by atoms with van der Waals surface area (Å²) < 4.78 is 27.8. The lowest BCUT2D eigenvalue weighted by Crippen LogP contribution is -2.12. The van der Waals surface area contributed by atoms with Gasteiger partial charge in [0, 0.05) is 46.9 Å². The molecule has 4 rings (SSSR count). The molecule has 0 fully saturated rings. The van der Waals surface area contributed by atoms with Crippen LogP contribution in [0.25, 0.3) is 10.9 Å². The van der Waals surface area contributed by atoms with Crippen molar-refractivity contribution in [3.8, 4) is 0 Å². The van der Waals surface area contributed by atoms with Crippen molar-refractivity contribution < 1.29 is 8.42 Å². The summed E-state index contributed by atoms with van der Waals surface area (Å²) in [5.41, 5.74) is 3.06. The van der Waals surface area contributed by atoms with Crippen LogP contribution in [0.4, 0.5) is 11.4 Å². The van der Waals surface area contributed by atoms with Gasteiger partial charge in [-0.2, -0.15) is 0 Å². The van der Waals surface area contributed by atoms with Gasteiger partial charge >= 0.3 is 0 Å². The zero-order valence-corrected chi connectivity index (χ0v) is 17.2. The van der Waals surface area contributed by atoms with Crippen LogP contribution in [0, 0.1) is 0 Å². The fourth-order valence-electron chi connectivity index (χ4n) is 3.22. The predicted molar refractivity (Wildman–Crippen MR) is 116 cm³/mol. The second-order valence-electron chi connectivity index (χ2n) is 6.54. The largest absolute Gasteiger partial charge is 0.355 e. The third-order valence-electron chi connectivity index (χ3n) is 4.53. The highest BCUT2D eigenvalue weighted by molar-refractivity contribution is 7.90. The average molecular weight is 427 g/mol. The minimum absolute atomic E-state index is 0.140. The van der Waals surface area contributed by atoms with Gasteiger partial charge in [0.05, 0.1) is 5.52 Å². The van der Waals surface area contributed by atoms with Gasteiger partial charge in [-0.15, -0.1) is 0 Å². The summed E-state index contributed by atoms with van der Waals surface area (Å²) in [6.07, 6.45) is 4.56. The van der Waals surface area contributed by atoms with Crippen LogP contribution in [-0.4, -0.2) is 24.4 Å². The number of benzene rings is 2. The Labute approximate surface area is 174 Å². The summed E-state index contributed by atoms with van der Waals surface area (Å²) in [6, 6.07) is 16.2. The first-order chi connectivity index (χ1) is 14.0. The van der Waals surface area contributed by atoms with E-state index in [-0.39, 0.29) is 4.90 Å². The summed E-state index contributed by atoms with van der Waals surface area (Å²) in [7, 11) is -1.95. The van der Waals surface area contributed by atoms with Crippen LogP contribution in [0.3, 0.4) is 0 Å². The summed E-state index contributed by atoms with van der Waals surface area (Å²) in [6.45, 7) is 0.549. The smallest absolute Gasteiger partial charge is 0.269 e. The number of fused-ring (bicyclic) bond motifs is 1. The summed E-state index contributed by atoms with van der Waals surface area (Å²) in [5.74, 6) is 0. The van der Waals surface area contributed by atoms with Crippen molar-refractivity contribution in [1.82, 2.24) is 14.3 Å². The van der Waals surface area contributed by atoms with Crippen LogP contribution < -0.4 is 10.6 Å². The quantitative estimate of drug-likeness (QED) is 0.478. The van der Waals surface area contributed by atoms with Gasteiger partial charge < -0.3 is 10.6 Å². The van der Waals surface area contributed by atoms with E-state index in [1.54, 1.807) is 30.6 Å². The van der Waals surface area contributed by atoms with Crippen LogP contribution in [-0.2, 0) is 16.6 Å². The number of nitrogens with one attached hydrogen (secondary N) is 2. The molecule has 0 bridgehead atoms. The molecule has 2 N–H and O–H groups in total. The number of anilines is 2. The monoisotopic (exact) mass is 426 g/mol. The second-order valence-corrected chi connectivity index (χ2v) is 8.79. The Morgan fingerprint density at radius 3 is 2.62 bits per heavy atom. The molecule has 6 nitrogen and oxygen atoms in total. The Hall–Kier alpha value is -2.87. The van der Waals surface area contributed by atoms with E-state index in [0.29, 0.717) is 17.1 Å². The number of rotatable bonds is 6. The van der Waals surface area contributed by atoms with E-state index in [1.807, 2.05) is 43.4 Å². The van der Waals surface area contributed by atoms with Gasteiger partial charge in [0.1, 0.15) is 4.90 Å². The van der Waals surface area contributed by atoms with Crippen LogP contribution in [0.5, 0.6) is 0 Å². The molecule has 0 spiro atoms. The third-order valence-corrected chi connectivity index (χ3v) is 6.42. The lowest BCUT2D eigenvalue weighted by molar-refractivity contribution is 0.588. The third kappa shape index (κ3) is 3.85. The minimum atomic E-state index is -3.78. The normalized spacial score (nSPS) is 11.7. The van der Waals surface area contributed by atoms with Crippen molar-refractivity contribution in [2.45, 2.75) is 11.4 Å². The number of hydrogen-bond donors (Lipinski definition) is 2. The Morgan fingerprint density at radius 2 is 1.90 bits per heavy atom. The number of nitrogens with zero attached hydrogens (tertiary/aromatic N) is 2. The Morgan fingerprint density at radius 1 is 1.07 bits per heavy atom. The predicted octanol–water partition coefficient (Wildman–Crippen LogP) is 4.39. The highest BCUT2D eigenvalue weighted by Crippen LogP contribution is 2.30. The molecular formula is C21H19ClN4O2S. The minimum Gasteiger partial charge on any atom is -0.355 e. The SMILES string of the molecule is CNCc1cn(S(=O)(=O)c2cccnc2)c2cc(Nc3cccc(Cl)c3)ccc12. The standard InChI is InChI=1S/C21H19ClN4O2S/c1-23-12-15-14-26(29(27,28)19-6-3-9-24-13-19)21-11-18(7-8-20(15)21)25-17-5-2-4-16(22)10-17/h2-11,13-14,23,25H,12H2,1H3. The van der Waals surface area contributed by atoms with Gasteiger partial charge in [-0.05, 0) is 55.1 Å². The zero-order chi connectivity index (χ0) is 20.4. The highest BCUT2D eigenvalue weighted by Gasteiger charge is 2.21. The van der Waals surface area contributed by atoms with E-state index in [4.69, 9.17) is 11.6 Å². The molecule has 0 radical (unpaired) electrons. The molecule has 0 aliphatic rings. The molecule has 0 saturated heterocycles. The van der Waals surface area contributed by atoms with Crippen molar-refractivity contribution in [1.29, 1.82) is 0 Å². The topological polar surface area (TPSA) is 76.0 Å². The van der Waals surface area contributed by atoms with E-state index >= 15 is 0 Å². The lowest BCUT2D eigenvalue weighted by Gasteiger charge is -2.10. The van der Waals surface area contributed by atoms with Gasteiger partial charge in [-0.25, -0.2) is 12.4 Å². The molecule has 29 heavy (non-hydrogen) atoms. The Balaban J connectivity index is 1.85. The van der Waals surface area contributed by atoms with Crippen molar-refractivity contribution >= 4 is 43.9 Å². The zero-order valence-electron chi connectivity index (χ0n) is 15.6. The van der Waals surface area contributed by atoms with E-state index in [1.165, 1.54) is 10.2 Å². The summed E-state index contributed by atoms with van der Waals surface area (Å²) in [4.78, 5) is 4.09. The first kappa shape index (κ1) is 19.4. The molecular weight excluding hydrogens is 408 g/mol. The molecule has 0 unspecified atom stereocenters. The Bertz CT molecular complexity index is 1270. The van der Waals surface area contributed by atoms with Crippen LogP contribution in [0.2, 0.25) is 5.02 Å². The molecule has 0 saturated carbocycles. The van der Waals surface area contributed by atoms with Crippen molar-refractivity contribution in [3.05, 3.63) is 83.8 Å². The van der Waals surface area contributed by atoms with Gasteiger partial charge in [-0.1, -0.05) is 23.7 Å². The molecule has 0 amide bonds. The maximum atomic E-state index is 13.2. The number of halogens is 1. The fourth-order valence-corrected chi connectivity index (χ4v) is 4.76. The molecule has 2 aromatic carbocycles. The van der Waals surface area contributed by atoms with E-state index < -0.39 is 10.0 Å². The molecule has 2 heterocycles. The van der Waals surface area contributed by atoms with Gasteiger partial charge in [0.25, 0.3) is 10.0 Å². The van der Waals surface area contributed by atoms with Crippen molar-refractivity contribution in [2.75, 3.05) is 12.4 Å². The van der Waals surface area contributed by atoms with E-state index in [2.05, 4.69) is 15.6 Å². The molecule has 0 aliphatic heterocycles. The molecule has 8 heteroatoms. The van der Waals surface area contributed by atoms with Gasteiger partial charge in [0.2, 0.25) is 0 Å². The van der Waals surface area contributed by atoms with Gasteiger partial charge in [-0.3, -0.25) is 4.98 Å². The summed E-state index contributed by atoms with van der Waals surface area (Å²) in [5, 5.41) is 7.85. The maximum absolute atomic E-state index is 13.2. The summed E-state index contributed by atoms with van der Waals surface area (Å²) >= 11 is 6.06. The second kappa shape index (κ2) is 7.87. The number of aromatic nitrogens is 2. The number of pyridine rings is 1. The van der Waals surface area contributed by atoms with Crippen LogP contribution >= 0.6 is 11.6 Å². The first-order valence-electron chi connectivity index (χ1n) is 8.96. The maximum Gasteiger partial charge on any atom is 0.269 e. The fraction of sp³-hybridized carbons (Fsp3) is 0.0952. The lowest BCUT2D eigenvalue weighted by atomic mass is 10.1. The van der Waals surface area contributed by atoms with Crippen molar-refractivity contribution in [3.63, 3.8) is 0 Å². The first-order valence-corrected chi connectivity index (χ1v) is 10.8. The molecule has 2 aromatic heterocycles. The number of hydrogen-bond acceptors (Lipinski definition) is 5. The average Bonchev–Trinajstić information content (AvgIpc) is 3.08. The molecule has 0 atom stereocenters. The Kier molecular flexibility index (Phi) is 5.27. The molecule has 4 aromatic rings. The van der Waals surface area contributed by atoms with E-state index in [9.17, 15) is 8.42 Å². The van der Waals surface area contributed by atoms with E-state index in [0.717, 1.165) is 22.3 Å². The van der Waals surface area contributed by atoms with Crippen molar-refractivity contribution in [2.24, 2.45) is 0 Å².